The average Bonchev–Trinajstić information content (AvgIpc) is 2.51. The number of likely N-dealkylation sites (N-methyl/N-ethyl adjacent to an activating group) is 1. The van der Waals surface area contributed by atoms with E-state index in [9.17, 15) is 14.9 Å². The van der Waals surface area contributed by atoms with Crippen LogP contribution in [0, 0.1) is 10.1 Å². The summed E-state index contributed by atoms with van der Waals surface area (Å²) in [5, 5.41) is 14.4. The van der Waals surface area contributed by atoms with Crippen molar-refractivity contribution in [3.63, 3.8) is 0 Å². The maximum absolute atomic E-state index is 12.1. The van der Waals surface area contributed by atoms with Gasteiger partial charge in [-0.05, 0) is 30.8 Å². The monoisotopic (exact) mass is 367 g/mol. The van der Waals surface area contributed by atoms with Gasteiger partial charge >= 0.3 is 0 Å². The number of rotatable bonds is 6. The maximum atomic E-state index is 12.1. The molecule has 24 heavy (non-hydrogen) atoms. The van der Waals surface area contributed by atoms with E-state index in [0.717, 1.165) is 5.56 Å². The number of nitrogens with one attached hydrogen (secondary N) is 1. The van der Waals surface area contributed by atoms with Crippen LogP contribution in [0.1, 0.15) is 5.56 Å². The average molecular weight is 368 g/mol. The molecule has 8 heteroatoms. The van der Waals surface area contributed by atoms with Crippen LogP contribution in [0.2, 0.25) is 10.0 Å². The molecular weight excluding hydrogens is 353 g/mol. The van der Waals surface area contributed by atoms with Crippen LogP contribution < -0.4 is 5.32 Å². The SMILES string of the molecule is CN(CC(=O)Nc1ccccc1[N+](=O)[O-])Cc1ccc(Cl)c(Cl)c1. The van der Waals surface area contributed by atoms with Gasteiger partial charge in [0.25, 0.3) is 5.69 Å². The lowest BCUT2D eigenvalue weighted by Crippen LogP contribution is -2.30. The Morgan fingerprint density at radius 1 is 1.21 bits per heavy atom. The molecule has 1 N–H and O–H groups in total. The highest BCUT2D eigenvalue weighted by atomic mass is 35.5. The minimum absolute atomic E-state index is 0.0757. The van der Waals surface area contributed by atoms with E-state index < -0.39 is 4.92 Å². The summed E-state index contributed by atoms with van der Waals surface area (Å²) in [6, 6.07) is 11.3. The zero-order chi connectivity index (χ0) is 17.7. The van der Waals surface area contributed by atoms with E-state index in [1.165, 1.54) is 12.1 Å². The molecule has 1 amide bonds. The molecule has 0 saturated heterocycles. The van der Waals surface area contributed by atoms with Crippen molar-refractivity contribution in [3.8, 4) is 0 Å². The lowest BCUT2D eigenvalue weighted by atomic mass is 10.2. The summed E-state index contributed by atoms with van der Waals surface area (Å²) in [7, 11) is 1.77. The van der Waals surface area contributed by atoms with E-state index >= 15 is 0 Å². The Hall–Kier alpha value is -2.15. The third-order valence-corrected chi connectivity index (χ3v) is 3.96. The summed E-state index contributed by atoms with van der Waals surface area (Å²) in [5.41, 5.74) is 0.943. The molecule has 0 aliphatic carbocycles. The van der Waals surface area contributed by atoms with Gasteiger partial charge in [-0.25, -0.2) is 0 Å². The van der Waals surface area contributed by atoms with Crippen LogP contribution in [0.5, 0.6) is 0 Å². The van der Waals surface area contributed by atoms with Crippen molar-refractivity contribution in [1.29, 1.82) is 0 Å². The van der Waals surface area contributed by atoms with Crippen LogP contribution in [-0.4, -0.2) is 29.3 Å². The summed E-state index contributed by atoms with van der Waals surface area (Å²) < 4.78 is 0. The number of nitrogens with zero attached hydrogens (tertiary/aromatic N) is 2. The Bertz CT molecular complexity index is 768. The van der Waals surface area contributed by atoms with E-state index in [4.69, 9.17) is 23.2 Å². The Kier molecular flexibility index (Phi) is 6.14. The third-order valence-electron chi connectivity index (χ3n) is 3.22. The van der Waals surface area contributed by atoms with Crippen LogP contribution in [0.3, 0.4) is 0 Å². The fourth-order valence-corrected chi connectivity index (χ4v) is 2.50. The number of para-hydroxylation sites is 2. The van der Waals surface area contributed by atoms with Crippen LogP contribution in [0.4, 0.5) is 11.4 Å². The quantitative estimate of drug-likeness (QED) is 0.618. The summed E-state index contributed by atoms with van der Waals surface area (Å²) in [5.74, 6) is -0.341. The number of carbonyl (C=O) groups excluding carboxylic acids is 1. The van der Waals surface area contributed by atoms with Crippen molar-refractivity contribution in [2.75, 3.05) is 18.9 Å². The number of nitro groups is 1. The van der Waals surface area contributed by atoms with Gasteiger partial charge in [0.15, 0.2) is 0 Å². The molecule has 0 spiro atoms. The Morgan fingerprint density at radius 2 is 1.92 bits per heavy atom. The highest BCUT2D eigenvalue weighted by molar-refractivity contribution is 6.42. The summed E-state index contributed by atoms with van der Waals surface area (Å²) in [6.45, 7) is 0.563. The van der Waals surface area contributed by atoms with Gasteiger partial charge in [0, 0.05) is 12.6 Å². The lowest BCUT2D eigenvalue weighted by Gasteiger charge is -2.16. The molecule has 2 rings (SSSR count). The molecular formula is C16H15Cl2N3O3. The van der Waals surface area contributed by atoms with Gasteiger partial charge in [-0.1, -0.05) is 41.4 Å². The lowest BCUT2D eigenvalue weighted by molar-refractivity contribution is -0.383. The Balaban J connectivity index is 1.97. The van der Waals surface area contributed by atoms with Crippen LogP contribution >= 0.6 is 23.2 Å². The first kappa shape index (κ1) is 18.2. The maximum Gasteiger partial charge on any atom is 0.292 e. The van der Waals surface area contributed by atoms with Gasteiger partial charge in [0.05, 0.1) is 21.5 Å². The van der Waals surface area contributed by atoms with Crippen molar-refractivity contribution in [3.05, 3.63) is 68.2 Å². The largest absolute Gasteiger partial charge is 0.319 e. The van der Waals surface area contributed by atoms with Gasteiger partial charge < -0.3 is 5.32 Å². The molecule has 126 valence electrons. The van der Waals surface area contributed by atoms with Gasteiger partial charge in [-0.15, -0.1) is 0 Å². The smallest absolute Gasteiger partial charge is 0.292 e. The first-order valence-corrected chi connectivity index (χ1v) is 7.78. The second kappa shape index (κ2) is 8.10. The van der Waals surface area contributed by atoms with Crippen molar-refractivity contribution in [2.24, 2.45) is 0 Å². The summed E-state index contributed by atoms with van der Waals surface area (Å²) in [4.78, 5) is 24.3. The molecule has 0 fully saturated rings. The van der Waals surface area contributed by atoms with Gasteiger partial charge in [-0.3, -0.25) is 19.8 Å². The van der Waals surface area contributed by atoms with E-state index in [2.05, 4.69) is 5.32 Å². The number of amides is 1. The van der Waals surface area contributed by atoms with E-state index in [1.807, 2.05) is 6.07 Å². The molecule has 0 unspecified atom stereocenters. The predicted octanol–water partition coefficient (Wildman–Crippen LogP) is 3.97. The molecule has 2 aromatic rings. The highest BCUT2D eigenvalue weighted by Gasteiger charge is 2.15. The first-order chi connectivity index (χ1) is 11.4. The number of anilines is 1. The van der Waals surface area contributed by atoms with E-state index in [0.29, 0.717) is 16.6 Å². The van der Waals surface area contributed by atoms with Crippen LogP contribution in [0.25, 0.3) is 0 Å². The van der Waals surface area contributed by atoms with Gasteiger partial charge in [0.2, 0.25) is 5.91 Å². The molecule has 0 bridgehead atoms. The molecule has 2 aromatic carbocycles. The molecule has 0 aliphatic rings. The number of benzene rings is 2. The molecule has 0 atom stereocenters. The number of carbonyl (C=O) groups is 1. The second-order valence-electron chi connectivity index (χ2n) is 5.24. The Morgan fingerprint density at radius 3 is 2.58 bits per heavy atom. The van der Waals surface area contributed by atoms with E-state index in [-0.39, 0.29) is 23.8 Å². The number of halogens is 2. The van der Waals surface area contributed by atoms with Crippen molar-refractivity contribution < 1.29 is 9.72 Å². The van der Waals surface area contributed by atoms with Gasteiger partial charge in [-0.2, -0.15) is 0 Å². The van der Waals surface area contributed by atoms with Crippen molar-refractivity contribution in [2.45, 2.75) is 6.54 Å². The second-order valence-corrected chi connectivity index (χ2v) is 6.06. The minimum Gasteiger partial charge on any atom is -0.319 e. The van der Waals surface area contributed by atoms with Crippen molar-refractivity contribution >= 4 is 40.5 Å². The third kappa shape index (κ3) is 4.92. The Labute approximate surface area is 149 Å². The zero-order valence-electron chi connectivity index (χ0n) is 12.8. The fourth-order valence-electron chi connectivity index (χ4n) is 2.18. The highest BCUT2D eigenvalue weighted by Crippen LogP contribution is 2.24. The number of nitro benzene ring substituents is 1. The fraction of sp³-hybridized carbons (Fsp3) is 0.188. The predicted molar refractivity (Wildman–Crippen MR) is 94.5 cm³/mol. The zero-order valence-corrected chi connectivity index (χ0v) is 14.3. The standard InChI is InChI=1S/C16H15Cl2N3O3/c1-20(9-11-6-7-12(17)13(18)8-11)10-16(22)19-14-4-2-3-5-15(14)21(23)24/h2-8H,9-10H2,1H3,(H,19,22). The van der Waals surface area contributed by atoms with E-state index in [1.54, 1.807) is 36.2 Å². The topological polar surface area (TPSA) is 75.5 Å². The van der Waals surface area contributed by atoms with Gasteiger partial charge in [0.1, 0.15) is 5.69 Å². The normalized spacial score (nSPS) is 10.7. The summed E-state index contributed by atoms with van der Waals surface area (Å²) >= 11 is 11.8. The van der Waals surface area contributed by atoms with Crippen molar-refractivity contribution in [1.82, 2.24) is 4.90 Å². The summed E-state index contributed by atoms with van der Waals surface area (Å²) in [6.07, 6.45) is 0. The molecule has 0 radical (unpaired) electrons. The molecule has 0 aromatic heterocycles. The number of hydrogen-bond acceptors (Lipinski definition) is 4. The first-order valence-electron chi connectivity index (χ1n) is 7.02. The molecule has 0 aliphatic heterocycles. The molecule has 6 nitrogen and oxygen atoms in total. The van der Waals surface area contributed by atoms with Crippen LogP contribution in [0.15, 0.2) is 42.5 Å². The molecule has 0 heterocycles. The molecule has 0 saturated carbocycles. The van der Waals surface area contributed by atoms with Crippen LogP contribution in [-0.2, 0) is 11.3 Å². The number of hydrogen-bond donors (Lipinski definition) is 1. The minimum atomic E-state index is -0.533.